The molecule has 3 aromatic rings. The monoisotopic (exact) mass is 544 g/mol. The van der Waals surface area contributed by atoms with Crippen LogP contribution in [0.1, 0.15) is 25.8 Å². The summed E-state index contributed by atoms with van der Waals surface area (Å²) in [5.74, 6) is -0.823. The lowest BCUT2D eigenvalue weighted by Crippen LogP contribution is -2.34. The van der Waals surface area contributed by atoms with Crippen molar-refractivity contribution in [2.24, 2.45) is 16.0 Å². The molecule has 2 heterocycles. The van der Waals surface area contributed by atoms with Crippen molar-refractivity contribution in [3.63, 3.8) is 0 Å². The summed E-state index contributed by atoms with van der Waals surface area (Å²) in [4.78, 5) is 16.5. The maximum Gasteiger partial charge on any atom is 0.270 e. The number of carbonyl (C=O) groups excluding carboxylic acids is 1. The number of amides is 1. The molecule has 2 atom stereocenters. The molecule has 0 radical (unpaired) electrons. The van der Waals surface area contributed by atoms with Gasteiger partial charge in [-0.15, -0.1) is 0 Å². The van der Waals surface area contributed by atoms with E-state index in [0.717, 1.165) is 6.20 Å². The molecule has 202 valence electrons. The summed E-state index contributed by atoms with van der Waals surface area (Å²) in [6.07, 6.45) is 2.95. The van der Waals surface area contributed by atoms with Gasteiger partial charge >= 0.3 is 0 Å². The average Bonchev–Trinajstić information content (AvgIpc) is 2.83. The number of hydrogen-bond acceptors (Lipinski definition) is 7. The number of aromatic nitrogens is 1. The van der Waals surface area contributed by atoms with Crippen LogP contribution in [-0.2, 0) is 20.3 Å². The first-order chi connectivity index (χ1) is 18.0. The van der Waals surface area contributed by atoms with Crippen molar-refractivity contribution in [2.75, 3.05) is 24.8 Å². The van der Waals surface area contributed by atoms with E-state index in [0.29, 0.717) is 34.8 Å². The van der Waals surface area contributed by atoms with E-state index in [1.54, 1.807) is 32.0 Å². The van der Waals surface area contributed by atoms with Crippen molar-refractivity contribution in [1.82, 2.24) is 4.98 Å². The Morgan fingerprint density at radius 1 is 1.13 bits per heavy atom. The lowest BCUT2D eigenvalue weighted by molar-refractivity contribution is -0.119. The molecule has 8 nitrogen and oxygen atoms in total. The molecule has 1 aromatic heterocycles. The zero-order valence-corrected chi connectivity index (χ0v) is 22.2. The Balaban J connectivity index is 1.71. The van der Waals surface area contributed by atoms with Crippen molar-refractivity contribution in [3.05, 3.63) is 65.9 Å². The molecule has 0 fully saturated rings. The smallest absolute Gasteiger partial charge is 0.270 e. The van der Waals surface area contributed by atoms with Gasteiger partial charge in [-0.3, -0.25) is 4.79 Å². The molecule has 1 unspecified atom stereocenters. The molecule has 0 aliphatic carbocycles. The first-order valence-corrected chi connectivity index (χ1v) is 14.2. The minimum Gasteiger partial charge on any atom is -0.493 e. The molecule has 0 saturated heterocycles. The minimum atomic E-state index is -2.94. The molecule has 3 N–H and O–H groups in total. The van der Waals surface area contributed by atoms with E-state index in [1.807, 2.05) is 0 Å². The van der Waals surface area contributed by atoms with E-state index < -0.39 is 33.3 Å². The second-order valence-corrected chi connectivity index (χ2v) is 11.9. The topological polar surface area (TPSA) is 116 Å². The molecule has 1 aliphatic rings. The van der Waals surface area contributed by atoms with Gasteiger partial charge in [0.15, 0.2) is 0 Å². The largest absolute Gasteiger partial charge is 0.493 e. The van der Waals surface area contributed by atoms with Gasteiger partial charge in [-0.2, -0.15) is 4.36 Å². The number of nitrogens with two attached hydrogens (primary N) is 1. The van der Waals surface area contributed by atoms with Gasteiger partial charge in [0.2, 0.25) is 0 Å². The molecular weight excluding hydrogens is 514 g/mol. The van der Waals surface area contributed by atoms with Gasteiger partial charge in [0.1, 0.15) is 29.0 Å². The lowest BCUT2D eigenvalue weighted by atomic mass is 10.0. The highest BCUT2D eigenvalue weighted by atomic mass is 32.2. The maximum atomic E-state index is 14.8. The van der Waals surface area contributed by atoms with Crippen molar-refractivity contribution >= 4 is 27.1 Å². The van der Waals surface area contributed by atoms with E-state index in [9.17, 15) is 17.8 Å². The third-order valence-corrected chi connectivity index (χ3v) is 7.30. The van der Waals surface area contributed by atoms with Crippen molar-refractivity contribution < 1.29 is 27.3 Å². The fraction of sp³-hybridized carbons (Fsp3) is 0.333. The van der Waals surface area contributed by atoms with E-state index in [-0.39, 0.29) is 36.2 Å². The summed E-state index contributed by atoms with van der Waals surface area (Å²) < 4.78 is 57.5. The van der Waals surface area contributed by atoms with Crippen LogP contribution in [0, 0.1) is 17.6 Å². The fourth-order valence-corrected chi connectivity index (χ4v) is 5.26. The van der Waals surface area contributed by atoms with E-state index in [4.69, 9.17) is 15.2 Å². The summed E-state index contributed by atoms with van der Waals surface area (Å²) in [5, 5.41) is 3.12. The number of hydrogen-bond donors (Lipinski definition) is 2. The Hall–Kier alpha value is -3.57. The fourth-order valence-electron chi connectivity index (χ4n) is 3.91. The molecule has 38 heavy (non-hydrogen) atoms. The SMILES string of the molecule is CC(C)[C@H](N)C(=O)N=S(C)(=O)Cc1cc2cc(c1)OCCCOc1cc(F)ccc1-c1cc(ncc1F)N2. The molecule has 4 bridgehead atoms. The molecular formula is C27H30F2N4O4S. The zero-order valence-electron chi connectivity index (χ0n) is 21.4. The van der Waals surface area contributed by atoms with Crippen LogP contribution in [0.2, 0.25) is 0 Å². The molecule has 11 heteroatoms. The average molecular weight is 545 g/mol. The third-order valence-electron chi connectivity index (χ3n) is 5.86. The lowest BCUT2D eigenvalue weighted by Gasteiger charge is -2.17. The summed E-state index contributed by atoms with van der Waals surface area (Å²) in [7, 11) is -2.94. The highest BCUT2D eigenvalue weighted by molar-refractivity contribution is 7.92. The number of nitrogens with zero attached hydrogens (tertiary/aromatic N) is 2. The number of carbonyl (C=O) groups is 1. The third kappa shape index (κ3) is 6.84. The van der Waals surface area contributed by atoms with Crippen LogP contribution in [0.15, 0.2) is 53.0 Å². The predicted octanol–water partition coefficient (Wildman–Crippen LogP) is 5.04. The number of anilines is 2. The number of fused-ring (bicyclic) bond motifs is 6. The highest BCUT2D eigenvalue weighted by Crippen LogP contribution is 2.35. The van der Waals surface area contributed by atoms with Crippen LogP contribution >= 0.6 is 0 Å². The Labute approximate surface area is 220 Å². The van der Waals surface area contributed by atoms with Gasteiger partial charge in [-0.1, -0.05) is 13.8 Å². The van der Waals surface area contributed by atoms with Gasteiger partial charge in [-0.25, -0.2) is 18.0 Å². The Bertz CT molecular complexity index is 1470. The van der Waals surface area contributed by atoms with Gasteiger partial charge < -0.3 is 20.5 Å². The van der Waals surface area contributed by atoms with Crippen molar-refractivity contribution in [3.8, 4) is 22.6 Å². The van der Waals surface area contributed by atoms with Crippen LogP contribution in [0.3, 0.4) is 0 Å². The molecule has 4 rings (SSSR count). The quantitative estimate of drug-likeness (QED) is 0.473. The number of rotatable bonds is 4. The van der Waals surface area contributed by atoms with Crippen LogP contribution in [0.4, 0.5) is 20.3 Å². The number of nitrogens with one attached hydrogen (secondary N) is 1. The zero-order chi connectivity index (χ0) is 27.4. The number of pyridine rings is 1. The van der Waals surface area contributed by atoms with Crippen molar-refractivity contribution in [2.45, 2.75) is 32.1 Å². The predicted molar refractivity (Wildman–Crippen MR) is 143 cm³/mol. The van der Waals surface area contributed by atoms with Gasteiger partial charge in [0, 0.05) is 41.6 Å². The Morgan fingerprint density at radius 2 is 1.89 bits per heavy atom. The first kappa shape index (κ1) is 27.5. The van der Waals surface area contributed by atoms with Gasteiger partial charge in [0.05, 0.1) is 40.9 Å². The molecule has 0 saturated carbocycles. The van der Waals surface area contributed by atoms with Crippen LogP contribution in [0.5, 0.6) is 11.5 Å². The first-order valence-electron chi connectivity index (χ1n) is 12.1. The summed E-state index contributed by atoms with van der Waals surface area (Å²) in [6, 6.07) is 9.78. The molecule has 1 amide bonds. The summed E-state index contributed by atoms with van der Waals surface area (Å²) in [6.45, 7) is 4.08. The molecule has 0 spiro atoms. The van der Waals surface area contributed by atoms with Crippen LogP contribution in [-0.4, -0.2) is 40.6 Å². The highest BCUT2D eigenvalue weighted by Gasteiger charge is 2.20. The number of benzene rings is 2. The Kier molecular flexibility index (Phi) is 8.27. The standard InChI is InChI=1S/C27H30F2N4O4S/c1-16(2)26(30)27(34)33-38(3,35)15-17-9-19-12-20(10-17)36-7-4-8-37-24-11-18(28)5-6-21(24)22-13-25(32-19)31-14-23(22)29/h5-6,9-14,16,26H,4,7-8,15,30H2,1-3H3,(H,31,32)/t26-,38?/m0/s1. The number of halogens is 2. The van der Waals surface area contributed by atoms with Gasteiger partial charge in [-0.05, 0) is 41.8 Å². The van der Waals surface area contributed by atoms with E-state index >= 15 is 0 Å². The second kappa shape index (κ2) is 11.4. The van der Waals surface area contributed by atoms with Gasteiger partial charge in [0.25, 0.3) is 5.91 Å². The minimum absolute atomic E-state index is 0.0143. The summed E-state index contributed by atoms with van der Waals surface area (Å²) >= 11 is 0. The maximum absolute atomic E-state index is 14.8. The van der Waals surface area contributed by atoms with Crippen LogP contribution in [0.25, 0.3) is 11.1 Å². The summed E-state index contributed by atoms with van der Waals surface area (Å²) in [5.41, 5.74) is 7.62. The van der Waals surface area contributed by atoms with E-state index in [2.05, 4.69) is 14.7 Å². The normalized spacial score (nSPS) is 15.6. The van der Waals surface area contributed by atoms with Crippen molar-refractivity contribution in [1.29, 1.82) is 0 Å². The van der Waals surface area contributed by atoms with Crippen LogP contribution < -0.4 is 20.5 Å². The second-order valence-electron chi connectivity index (χ2n) is 9.53. The Morgan fingerprint density at radius 3 is 2.66 bits per heavy atom. The number of ether oxygens (including phenoxy) is 2. The molecule has 1 aliphatic heterocycles. The van der Waals surface area contributed by atoms with E-state index in [1.165, 1.54) is 30.5 Å². The molecule has 2 aromatic carbocycles.